The molecule has 204 valence electrons. The first-order chi connectivity index (χ1) is 18.7. The van der Waals surface area contributed by atoms with Crippen LogP contribution in [0.1, 0.15) is 61.2 Å². The largest absolute Gasteiger partial charge is 0.361 e. The Morgan fingerprint density at radius 1 is 0.872 bits per heavy atom. The van der Waals surface area contributed by atoms with E-state index in [1.807, 2.05) is 55.6 Å². The third kappa shape index (κ3) is 7.14. The molecule has 6 heteroatoms. The van der Waals surface area contributed by atoms with Gasteiger partial charge in [0.25, 0.3) is 5.91 Å². The fraction of sp³-hybridized carbons (Fsp3) is 0.333. The number of aromatic amines is 1. The standard InChI is InChI=1S/C33H38FN3O2/c1-5-19-37(32(39)25-12-14-27(15-13-25)33(2,3)4)23-31(38)36(22-24-10-16-28(34)17-11-24)20-18-26-21-35-30-9-7-6-8-29(26)30/h6-17,21,35H,5,18-20,22-23H2,1-4H3. The number of carbonyl (C=O) groups excluding carboxylic acids is 2. The van der Waals surface area contributed by atoms with E-state index in [9.17, 15) is 14.0 Å². The first-order valence-electron chi connectivity index (χ1n) is 13.6. The molecule has 0 aliphatic carbocycles. The Morgan fingerprint density at radius 3 is 2.23 bits per heavy atom. The van der Waals surface area contributed by atoms with Gasteiger partial charge < -0.3 is 14.8 Å². The van der Waals surface area contributed by atoms with Crippen molar-refractivity contribution in [3.63, 3.8) is 0 Å². The zero-order valence-electron chi connectivity index (χ0n) is 23.3. The second-order valence-electron chi connectivity index (χ2n) is 11.1. The van der Waals surface area contributed by atoms with E-state index in [0.717, 1.165) is 34.0 Å². The average molecular weight is 528 g/mol. The molecule has 1 heterocycles. The van der Waals surface area contributed by atoms with E-state index in [2.05, 4.69) is 31.8 Å². The molecule has 0 atom stereocenters. The van der Waals surface area contributed by atoms with Crippen LogP contribution in [-0.4, -0.2) is 46.2 Å². The summed E-state index contributed by atoms with van der Waals surface area (Å²) in [5.74, 6) is -0.594. The van der Waals surface area contributed by atoms with Gasteiger partial charge in [-0.1, -0.05) is 70.2 Å². The van der Waals surface area contributed by atoms with Crippen molar-refractivity contribution in [1.29, 1.82) is 0 Å². The van der Waals surface area contributed by atoms with Crippen molar-refractivity contribution in [3.8, 4) is 0 Å². The van der Waals surface area contributed by atoms with Crippen LogP contribution in [0.3, 0.4) is 0 Å². The molecule has 1 aromatic heterocycles. The van der Waals surface area contributed by atoms with E-state index >= 15 is 0 Å². The number of H-pyrrole nitrogens is 1. The zero-order valence-corrected chi connectivity index (χ0v) is 23.3. The van der Waals surface area contributed by atoms with Gasteiger partial charge in [0.1, 0.15) is 12.4 Å². The maximum atomic E-state index is 13.7. The maximum Gasteiger partial charge on any atom is 0.254 e. The molecule has 0 aliphatic rings. The molecular formula is C33H38FN3O2. The Balaban J connectivity index is 1.52. The summed E-state index contributed by atoms with van der Waals surface area (Å²) in [4.78, 5) is 33.8. The normalized spacial score (nSPS) is 11.5. The van der Waals surface area contributed by atoms with Crippen LogP contribution in [-0.2, 0) is 23.2 Å². The molecule has 1 N–H and O–H groups in total. The van der Waals surface area contributed by atoms with Crippen molar-refractivity contribution < 1.29 is 14.0 Å². The highest BCUT2D eigenvalue weighted by Gasteiger charge is 2.23. The fourth-order valence-electron chi connectivity index (χ4n) is 4.78. The number of halogens is 1. The molecule has 0 spiro atoms. The summed E-state index contributed by atoms with van der Waals surface area (Å²) in [5, 5.41) is 1.13. The second-order valence-corrected chi connectivity index (χ2v) is 11.1. The lowest BCUT2D eigenvalue weighted by Crippen LogP contribution is -2.43. The van der Waals surface area contributed by atoms with Crippen LogP contribution in [0, 0.1) is 5.82 Å². The van der Waals surface area contributed by atoms with Crippen molar-refractivity contribution >= 4 is 22.7 Å². The molecule has 0 aliphatic heterocycles. The molecule has 3 aromatic carbocycles. The van der Waals surface area contributed by atoms with Gasteiger partial charge in [-0.15, -0.1) is 0 Å². The number of carbonyl (C=O) groups is 2. The monoisotopic (exact) mass is 527 g/mol. The number of benzene rings is 3. The summed E-state index contributed by atoms with van der Waals surface area (Å²) in [6, 6.07) is 22.0. The van der Waals surface area contributed by atoms with E-state index in [0.29, 0.717) is 31.6 Å². The van der Waals surface area contributed by atoms with Crippen molar-refractivity contribution in [2.75, 3.05) is 19.6 Å². The van der Waals surface area contributed by atoms with Crippen LogP contribution in [0.5, 0.6) is 0 Å². The van der Waals surface area contributed by atoms with E-state index in [1.165, 1.54) is 12.1 Å². The van der Waals surface area contributed by atoms with Gasteiger partial charge in [0.05, 0.1) is 0 Å². The van der Waals surface area contributed by atoms with Crippen molar-refractivity contribution in [3.05, 3.63) is 107 Å². The molecule has 0 saturated heterocycles. The first-order valence-corrected chi connectivity index (χ1v) is 13.6. The summed E-state index contributed by atoms with van der Waals surface area (Å²) < 4.78 is 13.5. The van der Waals surface area contributed by atoms with Gasteiger partial charge in [0.2, 0.25) is 5.91 Å². The Bertz CT molecular complexity index is 1400. The molecular weight excluding hydrogens is 489 g/mol. The lowest BCUT2D eigenvalue weighted by atomic mass is 9.86. The highest BCUT2D eigenvalue weighted by atomic mass is 19.1. The average Bonchev–Trinajstić information content (AvgIpc) is 3.34. The van der Waals surface area contributed by atoms with Gasteiger partial charge in [0, 0.05) is 42.3 Å². The number of rotatable bonds is 10. The highest BCUT2D eigenvalue weighted by Crippen LogP contribution is 2.23. The van der Waals surface area contributed by atoms with Gasteiger partial charge in [-0.2, -0.15) is 0 Å². The molecule has 0 radical (unpaired) electrons. The van der Waals surface area contributed by atoms with Crippen LogP contribution in [0.15, 0.2) is 79.0 Å². The number of nitrogens with zero attached hydrogens (tertiary/aromatic N) is 2. The molecule has 0 bridgehead atoms. The maximum absolute atomic E-state index is 13.7. The summed E-state index contributed by atoms with van der Waals surface area (Å²) in [5.41, 5.74) is 4.75. The highest BCUT2D eigenvalue weighted by molar-refractivity contribution is 5.96. The van der Waals surface area contributed by atoms with Crippen LogP contribution >= 0.6 is 0 Å². The molecule has 5 nitrogen and oxygen atoms in total. The summed E-state index contributed by atoms with van der Waals surface area (Å²) in [7, 11) is 0. The molecule has 4 rings (SSSR count). The topological polar surface area (TPSA) is 56.4 Å². The number of hydrogen-bond donors (Lipinski definition) is 1. The van der Waals surface area contributed by atoms with Crippen molar-refractivity contribution in [2.45, 2.75) is 52.5 Å². The molecule has 4 aromatic rings. The number of fused-ring (bicyclic) bond motifs is 1. The molecule has 0 fully saturated rings. The minimum Gasteiger partial charge on any atom is -0.361 e. The molecule has 0 saturated carbocycles. The minimum atomic E-state index is -0.312. The number of para-hydroxylation sites is 1. The van der Waals surface area contributed by atoms with Crippen LogP contribution < -0.4 is 0 Å². The van der Waals surface area contributed by atoms with Gasteiger partial charge >= 0.3 is 0 Å². The van der Waals surface area contributed by atoms with Crippen LogP contribution in [0.2, 0.25) is 0 Å². The lowest BCUT2D eigenvalue weighted by molar-refractivity contribution is -0.132. The Kier molecular flexibility index (Phi) is 8.85. The summed E-state index contributed by atoms with van der Waals surface area (Å²) >= 11 is 0. The molecule has 2 amide bonds. The van der Waals surface area contributed by atoms with Gasteiger partial charge in [-0.05, 0) is 65.3 Å². The lowest BCUT2D eigenvalue weighted by Gasteiger charge is -2.28. The fourth-order valence-corrected chi connectivity index (χ4v) is 4.78. The summed E-state index contributed by atoms with van der Waals surface area (Å²) in [6.45, 7) is 9.71. The Morgan fingerprint density at radius 2 is 1.56 bits per heavy atom. The Hall–Kier alpha value is -3.93. The van der Waals surface area contributed by atoms with E-state index < -0.39 is 0 Å². The smallest absolute Gasteiger partial charge is 0.254 e. The van der Waals surface area contributed by atoms with Crippen molar-refractivity contribution in [1.82, 2.24) is 14.8 Å². The predicted octanol–water partition coefficient (Wildman–Crippen LogP) is 6.73. The predicted molar refractivity (Wildman–Crippen MR) is 155 cm³/mol. The number of amides is 2. The van der Waals surface area contributed by atoms with Crippen LogP contribution in [0.25, 0.3) is 10.9 Å². The number of nitrogens with one attached hydrogen (secondary N) is 1. The third-order valence-corrected chi connectivity index (χ3v) is 7.07. The Labute approximate surface area is 230 Å². The quantitative estimate of drug-likeness (QED) is 0.249. The zero-order chi connectivity index (χ0) is 28.0. The SMILES string of the molecule is CCCN(CC(=O)N(CCc1c[nH]c2ccccc12)Cc1ccc(F)cc1)C(=O)c1ccc(C(C)(C)C)cc1. The molecule has 0 unspecified atom stereocenters. The van der Waals surface area contributed by atoms with Gasteiger partial charge in [-0.3, -0.25) is 9.59 Å². The summed E-state index contributed by atoms with van der Waals surface area (Å²) in [6.07, 6.45) is 3.39. The van der Waals surface area contributed by atoms with Crippen molar-refractivity contribution in [2.24, 2.45) is 0 Å². The first kappa shape index (κ1) is 28.1. The number of hydrogen-bond acceptors (Lipinski definition) is 2. The van der Waals surface area contributed by atoms with Gasteiger partial charge in [-0.25, -0.2) is 4.39 Å². The van der Waals surface area contributed by atoms with E-state index in [1.54, 1.807) is 21.9 Å². The van der Waals surface area contributed by atoms with Crippen LogP contribution in [0.4, 0.5) is 4.39 Å². The minimum absolute atomic E-state index is 0.00764. The van der Waals surface area contributed by atoms with E-state index in [4.69, 9.17) is 0 Å². The van der Waals surface area contributed by atoms with E-state index in [-0.39, 0.29) is 29.6 Å². The number of aromatic nitrogens is 1. The third-order valence-electron chi connectivity index (χ3n) is 7.07. The van der Waals surface area contributed by atoms with Gasteiger partial charge in [0.15, 0.2) is 0 Å². The molecule has 39 heavy (non-hydrogen) atoms. The second kappa shape index (κ2) is 12.3.